The fourth-order valence-corrected chi connectivity index (χ4v) is 2.60. The van der Waals surface area contributed by atoms with E-state index in [1.807, 2.05) is 26.0 Å². The highest BCUT2D eigenvalue weighted by Gasteiger charge is 2.26. The van der Waals surface area contributed by atoms with Crippen LogP contribution in [0.15, 0.2) is 18.2 Å². The first-order valence-electron chi connectivity index (χ1n) is 7.39. The maximum absolute atomic E-state index is 12.1. The molecule has 2 rings (SSSR count). The molecule has 0 saturated carbocycles. The van der Waals surface area contributed by atoms with E-state index in [1.54, 1.807) is 6.07 Å². The Labute approximate surface area is 125 Å². The number of anilines is 1. The second-order valence-corrected chi connectivity index (χ2v) is 5.50. The van der Waals surface area contributed by atoms with Crippen LogP contribution < -0.4 is 5.32 Å². The van der Waals surface area contributed by atoms with E-state index in [2.05, 4.69) is 5.32 Å². The molecule has 2 amide bonds. The maximum atomic E-state index is 12.1. The molecule has 0 aliphatic carbocycles. The molecule has 1 fully saturated rings. The molecule has 114 valence electrons. The van der Waals surface area contributed by atoms with Gasteiger partial charge in [0.05, 0.1) is 6.10 Å². The molecule has 2 N–H and O–H groups in total. The number of amides is 2. The van der Waals surface area contributed by atoms with Gasteiger partial charge in [0.25, 0.3) is 0 Å². The second-order valence-electron chi connectivity index (χ2n) is 5.50. The molecule has 0 aromatic heterocycles. The quantitative estimate of drug-likeness (QED) is 0.811. The fraction of sp³-hybridized carbons (Fsp3) is 0.500. The number of aryl methyl sites for hydroxylation is 2. The summed E-state index contributed by atoms with van der Waals surface area (Å²) in [5, 5.41) is 12.2. The number of nitrogens with one attached hydrogen (secondary N) is 1. The van der Waals surface area contributed by atoms with Crippen molar-refractivity contribution >= 4 is 17.5 Å². The Kier molecular flexibility index (Phi) is 4.96. The molecular weight excluding hydrogens is 268 g/mol. The van der Waals surface area contributed by atoms with E-state index in [9.17, 15) is 14.7 Å². The third-order valence-electron chi connectivity index (χ3n) is 3.87. The van der Waals surface area contributed by atoms with Gasteiger partial charge >= 0.3 is 11.8 Å². The summed E-state index contributed by atoms with van der Waals surface area (Å²) in [6.45, 7) is 4.83. The SMILES string of the molecule is CCc1cc(NC(=O)C(=O)N2CCCC(O)C2)ccc1C. The van der Waals surface area contributed by atoms with Gasteiger partial charge in [0.15, 0.2) is 0 Å². The fourth-order valence-electron chi connectivity index (χ4n) is 2.60. The summed E-state index contributed by atoms with van der Waals surface area (Å²) < 4.78 is 0. The Balaban J connectivity index is 2.02. The van der Waals surface area contributed by atoms with Crippen molar-refractivity contribution in [1.82, 2.24) is 4.90 Å². The first-order valence-corrected chi connectivity index (χ1v) is 7.39. The van der Waals surface area contributed by atoms with E-state index in [-0.39, 0.29) is 6.54 Å². The van der Waals surface area contributed by atoms with Crippen molar-refractivity contribution < 1.29 is 14.7 Å². The highest BCUT2D eigenvalue weighted by Crippen LogP contribution is 2.16. The number of hydrogen-bond donors (Lipinski definition) is 2. The van der Waals surface area contributed by atoms with Crippen molar-refractivity contribution in [3.63, 3.8) is 0 Å². The van der Waals surface area contributed by atoms with E-state index in [1.165, 1.54) is 10.5 Å². The van der Waals surface area contributed by atoms with Crippen molar-refractivity contribution in [3.8, 4) is 0 Å². The molecule has 1 saturated heterocycles. The second kappa shape index (κ2) is 6.72. The van der Waals surface area contributed by atoms with Gasteiger partial charge in [-0.05, 0) is 49.4 Å². The van der Waals surface area contributed by atoms with Gasteiger partial charge in [0.1, 0.15) is 0 Å². The van der Waals surface area contributed by atoms with Crippen LogP contribution in [0.1, 0.15) is 30.9 Å². The van der Waals surface area contributed by atoms with Gasteiger partial charge in [-0.25, -0.2) is 0 Å². The standard InChI is InChI=1S/C16H22N2O3/c1-3-12-9-13(7-6-11(12)2)17-15(20)16(21)18-8-4-5-14(19)10-18/h6-7,9,14,19H,3-5,8,10H2,1-2H3,(H,17,20). The summed E-state index contributed by atoms with van der Waals surface area (Å²) in [6.07, 6.45) is 1.76. The van der Waals surface area contributed by atoms with Crippen LogP contribution in [-0.4, -0.2) is 41.0 Å². The number of aliphatic hydroxyl groups is 1. The topological polar surface area (TPSA) is 69.6 Å². The van der Waals surface area contributed by atoms with Gasteiger partial charge in [-0.15, -0.1) is 0 Å². The molecule has 0 spiro atoms. The molecule has 5 heteroatoms. The van der Waals surface area contributed by atoms with Crippen LogP contribution >= 0.6 is 0 Å². The largest absolute Gasteiger partial charge is 0.391 e. The Hall–Kier alpha value is -1.88. The van der Waals surface area contributed by atoms with E-state index in [0.717, 1.165) is 18.4 Å². The van der Waals surface area contributed by atoms with E-state index < -0.39 is 17.9 Å². The van der Waals surface area contributed by atoms with Gasteiger partial charge in [-0.2, -0.15) is 0 Å². The summed E-state index contributed by atoms with van der Waals surface area (Å²) in [7, 11) is 0. The first-order chi connectivity index (χ1) is 10.0. The lowest BCUT2D eigenvalue weighted by atomic mass is 10.1. The first kappa shape index (κ1) is 15.5. The number of hydrogen-bond acceptors (Lipinski definition) is 3. The molecule has 1 aliphatic heterocycles. The molecule has 21 heavy (non-hydrogen) atoms. The smallest absolute Gasteiger partial charge is 0.313 e. The van der Waals surface area contributed by atoms with Crippen molar-refractivity contribution in [2.24, 2.45) is 0 Å². The Morgan fingerprint density at radius 3 is 2.86 bits per heavy atom. The third-order valence-corrected chi connectivity index (χ3v) is 3.87. The Bertz CT molecular complexity index is 542. The molecular formula is C16H22N2O3. The highest BCUT2D eigenvalue weighted by molar-refractivity contribution is 6.39. The minimum absolute atomic E-state index is 0.236. The molecule has 0 bridgehead atoms. The number of likely N-dealkylation sites (tertiary alicyclic amines) is 1. The zero-order chi connectivity index (χ0) is 15.4. The Morgan fingerprint density at radius 2 is 2.19 bits per heavy atom. The lowest BCUT2D eigenvalue weighted by Crippen LogP contribution is -2.46. The lowest BCUT2D eigenvalue weighted by Gasteiger charge is -2.29. The van der Waals surface area contributed by atoms with Crippen molar-refractivity contribution in [2.75, 3.05) is 18.4 Å². The summed E-state index contributed by atoms with van der Waals surface area (Å²) in [4.78, 5) is 25.5. The van der Waals surface area contributed by atoms with Crippen molar-refractivity contribution in [3.05, 3.63) is 29.3 Å². The third kappa shape index (κ3) is 3.82. The van der Waals surface area contributed by atoms with Crippen LogP contribution in [0.2, 0.25) is 0 Å². The molecule has 1 aliphatic rings. The zero-order valence-corrected chi connectivity index (χ0v) is 12.6. The number of carbonyl (C=O) groups is 2. The van der Waals surface area contributed by atoms with Gasteiger partial charge in [0.2, 0.25) is 0 Å². The molecule has 1 atom stereocenters. The number of piperidine rings is 1. The number of benzene rings is 1. The number of rotatable bonds is 2. The van der Waals surface area contributed by atoms with Gasteiger partial charge in [-0.3, -0.25) is 9.59 Å². The van der Waals surface area contributed by atoms with Crippen LogP contribution in [0.25, 0.3) is 0 Å². The summed E-state index contributed by atoms with van der Waals surface area (Å²) in [6, 6.07) is 5.62. The van der Waals surface area contributed by atoms with Crippen LogP contribution in [0, 0.1) is 6.92 Å². The summed E-state index contributed by atoms with van der Waals surface area (Å²) >= 11 is 0. The Morgan fingerprint density at radius 1 is 1.43 bits per heavy atom. The molecule has 1 aromatic rings. The highest BCUT2D eigenvalue weighted by atomic mass is 16.3. The molecule has 0 radical (unpaired) electrons. The van der Waals surface area contributed by atoms with Crippen LogP contribution in [0.3, 0.4) is 0 Å². The number of β-amino-alcohol motifs (C(OH)–C–C–N with tert-alkyl or cyclic N) is 1. The van der Waals surface area contributed by atoms with Crippen LogP contribution in [0.4, 0.5) is 5.69 Å². The van der Waals surface area contributed by atoms with Crippen LogP contribution in [0.5, 0.6) is 0 Å². The van der Waals surface area contributed by atoms with E-state index >= 15 is 0 Å². The zero-order valence-electron chi connectivity index (χ0n) is 12.6. The molecule has 1 unspecified atom stereocenters. The normalized spacial score (nSPS) is 18.4. The van der Waals surface area contributed by atoms with E-state index in [0.29, 0.717) is 18.7 Å². The van der Waals surface area contributed by atoms with Crippen LogP contribution in [-0.2, 0) is 16.0 Å². The monoisotopic (exact) mass is 290 g/mol. The van der Waals surface area contributed by atoms with Gasteiger partial charge in [-0.1, -0.05) is 13.0 Å². The molecule has 1 aromatic carbocycles. The minimum atomic E-state index is -0.644. The van der Waals surface area contributed by atoms with Gasteiger partial charge in [0, 0.05) is 18.8 Å². The number of aliphatic hydroxyl groups excluding tert-OH is 1. The predicted molar refractivity (Wildman–Crippen MR) is 81.0 cm³/mol. The predicted octanol–water partition coefficient (Wildman–Crippen LogP) is 1.48. The van der Waals surface area contributed by atoms with Crippen molar-refractivity contribution in [2.45, 2.75) is 39.2 Å². The van der Waals surface area contributed by atoms with Crippen molar-refractivity contribution in [1.29, 1.82) is 0 Å². The maximum Gasteiger partial charge on any atom is 0.313 e. The molecule has 1 heterocycles. The van der Waals surface area contributed by atoms with E-state index in [4.69, 9.17) is 0 Å². The van der Waals surface area contributed by atoms with Gasteiger partial charge < -0.3 is 15.3 Å². The summed E-state index contributed by atoms with van der Waals surface area (Å²) in [5.41, 5.74) is 2.95. The lowest BCUT2D eigenvalue weighted by molar-refractivity contribution is -0.145. The number of nitrogens with zero attached hydrogens (tertiary/aromatic N) is 1. The average molecular weight is 290 g/mol. The number of carbonyl (C=O) groups excluding carboxylic acids is 2. The molecule has 5 nitrogen and oxygen atoms in total. The summed E-state index contributed by atoms with van der Waals surface area (Å²) in [5.74, 6) is -1.22. The average Bonchev–Trinajstić information content (AvgIpc) is 2.48. The minimum Gasteiger partial charge on any atom is -0.391 e.